The van der Waals surface area contributed by atoms with Gasteiger partial charge in [-0.3, -0.25) is 9.48 Å². The normalized spacial score (nSPS) is 13.7. The number of amides is 1. The van der Waals surface area contributed by atoms with Crippen molar-refractivity contribution in [1.82, 2.24) is 29.9 Å². The smallest absolute Gasteiger partial charge is 0.227 e. The van der Waals surface area contributed by atoms with Gasteiger partial charge in [-0.25, -0.2) is 9.67 Å². The van der Waals surface area contributed by atoms with Gasteiger partial charge >= 0.3 is 0 Å². The molecule has 1 aromatic carbocycles. The number of rotatable bonds is 7. The first-order valence-electron chi connectivity index (χ1n) is 9.36. The lowest BCUT2D eigenvalue weighted by molar-refractivity contribution is -0.120. The number of aromatic nitrogens is 5. The van der Waals surface area contributed by atoms with Gasteiger partial charge in [-0.05, 0) is 30.9 Å². The van der Waals surface area contributed by atoms with Gasteiger partial charge in [0, 0.05) is 26.6 Å². The summed E-state index contributed by atoms with van der Waals surface area (Å²) < 4.78 is 3.78. The summed E-state index contributed by atoms with van der Waals surface area (Å²) in [6, 6.07) is 12.4. The van der Waals surface area contributed by atoms with Gasteiger partial charge in [0.1, 0.15) is 5.69 Å². The molecule has 0 bridgehead atoms. The van der Waals surface area contributed by atoms with Crippen LogP contribution in [0.25, 0.3) is 11.5 Å². The SMILES string of the molecule is CNC(=O)Cc1nc(-c2cc(C3CC3)nn2C)n(CCc2ccccc2)n1. The molecule has 3 aromatic rings. The summed E-state index contributed by atoms with van der Waals surface area (Å²) in [5, 5.41) is 11.9. The van der Waals surface area contributed by atoms with Crippen LogP contribution in [0.15, 0.2) is 36.4 Å². The Morgan fingerprint density at radius 1 is 1.22 bits per heavy atom. The predicted octanol–water partition coefficient (Wildman–Crippen LogP) is 2.09. The molecule has 7 heteroatoms. The van der Waals surface area contributed by atoms with Crippen LogP contribution in [-0.2, 0) is 31.2 Å². The second kappa shape index (κ2) is 7.34. The van der Waals surface area contributed by atoms with Crippen LogP contribution in [0.3, 0.4) is 0 Å². The molecule has 1 aliphatic rings. The number of likely N-dealkylation sites (N-methyl/N-ethyl adjacent to an activating group) is 1. The maximum absolute atomic E-state index is 11.8. The van der Waals surface area contributed by atoms with E-state index >= 15 is 0 Å². The fraction of sp³-hybridized carbons (Fsp3) is 0.400. The highest BCUT2D eigenvalue weighted by Gasteiger charge is 2.28. The first-order chi connectivity index (χ1) is 13.1. The predicted molar refractivity (Wildman–Crippen MR) is 102 cm³/mol. The van der Waals surface area contributed by atoms with E-state index in [1.807, 2.05) is 34.6 Å². The molecule has 0 aliphatic heterocycles. The minimum atomic E-state index is -0.0922. The second-order valence-corrected chi connectivity index (χ2v) is 7.01. The lowest BCUT2D eigenvalue weighted by Gasteiger charge is -2.06. The molecule has 0 atom stereocenters. The second-order valence-electron chi connectivity index (χ2n) is 7.01. The van der Waals surface area contributed by atoms with Crippen LogP contribution in [0.2, 0.25) is 0 Å². The van der Waals surface area contributed by atoms with E-state index in [9.17, 15) is 4.79 Å². The van der Waals surface area contributed by atoms with Crippen LogP contribution < -0.4 is 5.32 Å². The molecule has 0 radical (unpaired) electrons. The van der Waals surface area contributed by atoms with E-state index in [-0.39, 0.29) is 12.3 Å². The minimum Gasteiger partial charge on any atom is -0.359 e. The zero-order chi connectivity index (χ0) is 18.8. The van der Waals surface area contributed by atoms with Crippen molar-refractivity contribution in [3.63, 3.8) is 0 Å². The molecule has 0 saturated heterocycles. The molecular weight excluding hydrogens is 340 g/mol. The summed E-state index contributed by atoms with van der Waals surface area (Å²) in [7, 11) is 3.56. The van der Waals surface area contributed by atoms with Crippen molar-refractivity contribution in [3.8, 4) is 11.5 Å². The Balaban J connectivity index is 1.64. The molecule has 7 nitrogen and oxygen atoms in total. The third-order valence-electron chi connectivity index (χ3n) is 4.89. The van der Waals surface area contributed by atoms with E-state index < -0.39 is 0 Å². The highest BCUT2D eigenvalue weighted by molar-refractivity contribution is 5.77. The molecule has 1 aliphatic carbocycles. The van der Waals surface area contributed by atoms with Crippen molar-refractivity contribution >= 4 is 5.91 Å². The van der Waals surface area contributed by atoms with Gasteiger partial charge in [0.2, 0.25) is 5.91 Å². The van der Waals surface area contributed by atoms with Crippen molar-refractivity contribution in [2.24, 2.45) is 7.05 Å². The van der Waals surface area contributed by atoms with Gasteiger partial charge in [-0.1, -0.05) is 30.3 Å². The van der Waals surface area contributed by atoms with Crippen LogP contribution in [0.1, 0.15) is 35.8 Å². The van der Waals surface area contributed by atoms with Gasteiger partial charge in [-0.2, -0.15) is 10.2 Å². The first kappa shape index (κ1) is 17.5. The average Bonchev–Trinajstić information content (AvgIpc) is 3.35. The van der Waals surface area contributed by atoms with Gasteiger partial charge in [0.15, 0.2) is 11.6 Å². The number of benzene rings is 1. The number of nitrogens with one attached hydrogen (secondary N) is 1. The number of carbonyl (C=O) groups is 1. The van der Waals surface area contributed by atoms with Gasteiger partial charge in [-0.15, -0.1) is 0 Å². The van der Waals surface area contributed by atoms with Crippen LogP contribution in [-0.4, -0.2) is 37.5 Å². The topological polar surface area (TPSA) is 77.6 Å². The molecular formula is C20H24N6O. The molecule has 1 N–H and O–H groups in total. The van der Waals surface area contributed by atoms with Gasteiger partial charge in [0.25, 0.3) is 0 Å². The molecule has 27 heavy (non-hydrogen) atoms. The van der Waals surface area contributed by atoms with E-state index in [4.69, 9.17) is 0 Å². The molecule has 1 fully saturated rings. The number of carbonyl (C=O) groups excluding carboxylic acids is 1. The molecule has 4 rings (SSSR count). The maximum atomic E-state index is 11.8. The summed E-state index contributed by atoms with van der Waals surface area (Å²) >= 11 is 0. The van der Waals surface area contributed by atoms with Crippen molar-refractivity contribution in [3.05, 3.63) is 53.5 Å². The van der Waals surface area contributed by atoms with Gasteiger partial charge in [0.05, 0.1) is 12.1 Å². The third-order valence-corrected chi connectivity index (χ3v) is 4.89. The van der Waals surface area contributed by atoms with E-state index in [0.717, 1.165) is 23.6 Å². The molecule has 140 valence electrons. The molecule has 1 amide bonds. The number of nitrogens with zero attached hydrogens (tertiary/aromatic N) is 5. The zero-order valence-corrected chi connectivity index (χ0v) is 15.7. The largest absolute Gasteiger partial charge is 0.359 e. The average molecular weight is 364 g/mol. The maximum Gasteiger partial charge on any atom is 0.227 e. The zero-order valence-electron chi connectivity index (χ0n) is 15.7. The Kier molecular flexibility index (Phi) is 4.75. The standard InChI is InChI=1S/C20H24N6O/c1-21-19(27)13-18-22-20(17-12-16(15-8-9-15)23-25(17)2)26(24-18)11-10-14-6-4-3-5-7-14/h3-7,12,15H,8-11,13H2,1-2H3,(H,21,27). The Hall–Kier alpha value is -2.96. The molecule has 2 heterocycles. The highest BCUT2D eigenvalue weighted by atomic mass is 16.1. The molecule has 0 spiro atoms. The fourth-order valence-electron chi connectivity index (χ4n) is 3.20. The van der Waals surface area contributed by atoms with Crippen molar-refractivity contribution in [2.75, 3.05) is 7.05 Å². The fourth-order valence-corrected chi connectivity index (χ4v) is 3.20. The van der Waals surface area contributed by atoms with Crippen molar-refractivity contribution in [1.29, 1.82) is 0 Å². The molecule has 2 aromatic heterocycles. The van der Waals surface area contributed by atoms with Crippen LogP contribution in [0.5, 0.6) is 0 Å². The number of hydrogen-bond donors (Lipinski definition) is 1. The Morgan fingerprint density at radius 3 is 2.70 bits per heavy atom. The van der Waals surface area contributed by atoms with Crippen LogP contribution in [0, 0.1) is 0 Å². The van der Waals surface area contributed by atoms with E-state index in [2.05, 4.69) is 38.7 Å². The molecule has 1 saturated carbocycles. The lowest BCUT2D eigenvalue weighted by atomic mass is 10.1. The number of aryl methyl sites for hydroxylation is 3. The Bertz CT molecular complexity index is 939. The van der Waals surface area contributed by atoms with Gasteiger partial charge < -0.3 is 5.32 Å². The summed E-state index contributed by atoms with van der Waals surface area (Å²) in [6.45, 7) is 0.698. The molecule has 0 unspecified atom stereocenters. The van der Waals surface area contributed by atoms with E-state index in [1.165, 1.54) is 18.4 Å². The third kappa shape index (κ3) is 3.92. The van der Waals surface area contributed by atoms with Crippen molar-refractivity contribution < 1.29 is 4.79 Å². The van der Waals surface area contributed by atoms with Crippen molar-refractivity contribution in [2.45, 2.75) is 38.1 Å². The quantitative estimate of drug-likeness (QED) is 0.696. The van der Waals surface area contributed by atoms with E-state index in [1.54, 1.807) is 7.05 Å². The summed E-state index contributed by atoms with van der Waals surface area (Å²) in [5.74, 6) is 1.79. The van der Waals surface area contributed by atoms with Crippen LogP contribution >= 0.6 is 0 Å². The summed E-state index contributed by atoms with van der Waals surface area (Å²) in [6.07, 6.45) is 3.44. The minimum absolute atomic E-state index is 0.0922. The first-order valence-corrected chi connectivity index (χ1v) is 9.36. The lowest BCUT2D eigenvalue weighted by Crippen LogP contribution is -2.20. The van der Waals surface area contributed by atoms with E-state index in [0.29, 0.717) is 18.3 Å². The summed E-state index contributed by atoms with van der Waals surface area (Å²) in [4.78, 5) is 16.4. The Labute approximate surface area is 158 Å². The Morgan fingerprint density at radius 2 is 2.00 bits per heavy atom. The number of hydrogen-bond acceptors (Lipinski definition) is 4. The summed E-state index contributed by atoms with van der Waals surface area (Å²) in [5.41, 5.74) is 3.31. The monoisotopic (exact) mass is 364 g/mol. The highest BCUT2D eigenvalue weighted by Crippen LogP contribution is 2.40. The van der Waals surface area contributed by atoms with Crippen LogP contribution in [0.4, 0.5) is 0 Å².